The average molecular weight is 503 g/mol. The molecule has 1 aromatic carbocycles. The van der Waals surface area contributed by atoms with Gasteiger partial charge in [0.05, 0.1) is 0 Å². The predicted molar refractivity (Wildman–Crippen MR) is 147 cm³/mol. The van der Waals surface area contributed by atoms with Crippen LogP contribution in [0.2, 0.25) is 0 Å². The molecule has 0 unspecified atom stereocenters. The molecule has 3 fully saturated rings. The molecule has 1 N–H and O–H groups in total. The van der Waals surface area contributed by atoms with Gasteiger partial charge in [0.1, 0.15) is 11.6 Å². The lowest BCUT2D eigenvalue weighted by atomic mass is 9.79. The quantitative estimate of drug-likeness (QED) is 0.540. The van der Waals surface area contributed by atoms with Crippen LogP contribution in [0.15, 0.2) is 48.8 Å². The van der Waals surface area contributed by atoms with E-state index in [4.69, 9.17) is 0 Å². The van der Waals surface area contributed by atoms with Crippen LogP contribution in [0.25, 0.3) is 11.1 Å². The summed E-state index contributed by atoms with van der Waals surface area (Å²) in [5.74, 6) is 0.819. The van der Waals surface area contributed by atoms with Crippen LogP contribution in [0, 0.1) is 5.92 Å². The van der Waals surface area contributed by atoms with Crippen molar-refractivity contribution in [3.63, 3.8) is 0 Å². The first-order valence-electron chi connectivity index (χ1n) is 14.4. The van der Waals surface area contributed by atoms with Crippen LogP contribution in [0.5, 0.6) is 0 Å². The smallest absolute Gasteiger partial charge is 0.246 e. The molecule has 2 saturated heterocycles. The highest BCUT2D eigenvalue weighted by molar-refractivity contribution is 6.00. The molecule has 6 heteroatoms. The minimum Gasteiger partial charge on any atom is -0.342 e. The Kier molecular flexibility index (Phi) is 8.23. The number of nitrogens with one attached hydrogen (secondary N) is 1. The van der Waals surface area contributed by atoms with E-state index >= 15 is 0 Å². The molecule has 1 spiro atoms. The van der Waals surface area contributed by atoms with Gasteiger partial charge >= 0.3 is 0 Å². The van der Waals surface area contributed by atoms with Crippen molar-refractivity contribution in [1.82, 2.24) is 20.1 Å². The molecule has 1 saturated carbocycles. The zero-order chi connectivity index (χ0) is 25.7. The Balaban J connectivity index is 1.23. The molecule has 1 aliphatic carbocycles. The van der Waals surface area contributed by atoms with Crippen molar-refractivity contribution in [2.24, 2.45) is 5.92 Å². The highest BCUT2D eigenvalue weighted by atomic mass is 16.2. The second-order valence-corrected chi connectivity index (χ2v) is 11.4. The lowest BCUT2D eigenvalue weighted by Gasteiger charge is -2.52. The van der Waals surface area contributed by atoms with E-state index in [-0.39, 0.29) is 17.9 Å². The molecular weight excluding hydrogens is 460 g/mol. The summed E-state index contributed by atoms with van der Waals surface area (Å²) in [5, 5.41) is 3.21. The first kappa shape index (κ1) is 25.9. The number of benzene rings is 1. The molecular formula is C31H42N4O2. The van der Waals surface area contributed by atoms with Crippen molar-refractivity contribution in [2.75, 3.05) is 19.6 Å². The topological polar surface area (TPSA) is 65.5 Å². The number of pyridine rings is 1. The highest BCUT2D eigenvalue weighted by Gasteiger charge is 2.53. The molecule has 198 valence electrons. The maximum absolute atomic E-state index is 13.7. The van der Waals surface area contributed by atoms with Crippen LogP contribution in [-0.2, 0) is 16.1 Å². The van der Waals surface area contributed by atoms with Crippen LogP contribution in [0.4, 0.5) is 0 Å². The summed E-state index contributed by atoms with van der Waals surface area (Å²) in [5.41, 5.74) is 2.87. The van der Waals surface area contributed by atoms with E-state index in [1.54, 1.807) is 6.20 Å². The second kappa shape index (κ2) is 11.8. The number of unbranched alkanes of at least 4 members (excludes halogenated alkanes) is 1. The highest BCUT2D eigenvalue weighted by Crippen LogP contribution is 2.36. The van der Waals surface area contributed by atoms with Gasteiger partial charge < -0.3 is 10.2 Å². The normalized spacial score (nSPS) is 22.8. The van der Waals surface area contributed by atoms with Gasteiger partial charge in [0.25, 0.3) is 0 Å². The summed E-state index contributed by atoms with van der Waals surface area (Å²) in [6.45, 7) is 5.35. The van der Waals surface area contributed by atoms with Gasteiger partial charge in [-0.25, -0.2) is 0 Å². The van der Waals surface area contributed by atoms with E-state index in [1.165, 1.54) is 43.2 Å². The van der Waals surface area contributed by atoms with Gasteiger partial charge in [-0.1, -0.05) is 75.8 Å². The molecule has 0 bridgehead atoms. The molecule has 6 nitrogen and oxygen atoms in total. The van der Waals surface area contributed by atoms with Crippen LogP contribution in [0.1, 0.15) is 76.7 Å². The summed E-state index contributed by atoms with van der Waals surface area (Å²) in [4.78, 5) is 36.0. The first-order chi connectivity index (χ1) is 18.1. The summed E-state index contributed by atoms with van der Waals surface area (Å²) in [6, 6.07) is 12.4. The van der Waals surface area contributed by atoms with Crippen LogP contribution < -0.4 is 5.32 Å². The third kappa shape index (κ3) is 5.74. The van der Waals surface area contributed by atoms with Gasteiger partial charge in [0, 0.05) is 38.6 Å². The van der Waals surface area contributed by atoms with Gasteiger partial charge in [-0.05, 0) is 54.4 Å². The van der Waals surface area contributed by atoms with Gasteiger partial charge in [-0.2, -0.15) is 0 Å². The average Bonchev–Trinajstić information content (AvgIpc) is 2.94. The summed E-state index contributed by atoms with van der Waals surface area (Å²) < 4.78 is 0. The lowest BCUT2D eigenvalue weighted by molar-refractivity contribution is -0.162. The Morgan fingerprint density at radius 2 is 1.76 bits per heavy atom. The number of aromatic nitrogens is 1. The Hall–Kier alpha value is -2.73. The maximum Gasteiger partial charge on any atom is 0.246 e. The molecule has 5 rings (SSSR count). The van der Waals surface area contributed by atoms with Crippen molar-refractivity contribution < 1.29 is 9.59 Å². The van der Waals surface area contributed by atoms with E-state index in [1.807, 2.05) is 17.2 Å². The molecule has 37 heavy (non-hydrogen) atoms. The number of carbonyl (C=O) groups excluding carboxylic acids is 2. The van der Waals surface area contributed by atoms with Gasteiger partial charge in [-0.15, -0.1) is 0 Å². The summed E-state index contributed by atoms with van der Waals surface area (Å²) in [6.07, 6.45) is 14.1. The minimum atomic E-state index is -0.685. The van der Waals surface area contributed by atoms with Crippen molar-refractivity contribution in [2.45, 2.75) is 89.3 Å². The minimum absolute atomic E-state index is 0.0875. The fraction of sp³-hybridized carbons (Fsp3) is 0.581. The number of rotatable bonds is 8. The maximum atomic E-state index is 13.7. The lowest BCUT2D eigenvalue weighted by Crippen LogP contribution is -2.73. The number of hydrogen-bond donors (Lipinski definition) is 1. The molecule has 3 heterocycles. The Morgan fingerprint density at radius 1 is 1.00 bits per heavy atom. The zero-order valence-electron chi connectivity index (χ0n) is 22.3. The molecule has 1 aromatic heterocycles. The Bertz CT molecular complexity index is 1040. The molecule has 3 aliphatic rings. The monoisotopic (exact) mass is 502 g/mol. The fourth-order valence-electron chi connectivity index (χ4n) is 6.60. The van der Waals surface area contributed by atoms with Crippen molar-refractivity contribution in [1.29, 1.82) is 0 Å². The number of nitrogens with zero attached hydrogens (tertiary/aromatic N) is 3. The molecule has 2 aromatic rings. The number of carbonyl (C=O) groups is 2. The zero-order valence-corrected chi connectivity index (χ0v) is 22.3. The molecule has 2 amide bonds. The number of amides is 2. The van der Waals surface area contributed by atoms with E-state index < -0.39 is 5.54 Å². The Labute approximate surface area is 221 Å². The SMILES string of the molecule is CCCCN1C(=O)[C@H](CC2CCCCC2)NC(=O)C12CCN(Cc1ccc(-c3cccnc3)cc1)CC2. The largest absolute Gasteiger partial charge is 0.342 e. The number of likely N-dealkylation sites (tertiary alicyclic amines) is 1. The predicted octanol–water partition coefficient (Wildman–Crippen LogP) is 5.18. The van der Waals surface area contributed by atoms with Gasteiger partial charge in [-0.3, -0.25) is 19.5 Å². The molecule has 0 radical (unpaired) electrons. The standard InChI is InChI=1S/C31H42N4O2/c1-2-3-18-35-29(36)28(21-24-8-5-4-6-9-24)33-30(37)31(35)15-19-34(20-16-31)23-25-11-13-26(14-12-25)27-10-7-17-32-22-27/h7,10-14,17,22,24,28H,2-6,8-9,15-16,18-21,23H2,1H3,(H,33,37)/t28-/m0/s1. The van der Waals surface area contributed by atoms with E-state index in [2.05, 4.69) is 52.5 Å². The molecule has 2 aliphatic heterocycles. The Morgan fingerprint density at radius 3 is 2.43 bits per heavy atom. The van der Waals surface area contributed by atoms with Crippen LogP contribution in [-0.4, -0.2) is 57.8 Å². The summed E-state index contributed by atoms with van der Waals surface area (Å²) in [7, 11) is 0. The van der Waals surface area contributed by atoms with Crippen molar-refractivity contribution in [3.05, 3.63) is 54.4 Å². The second-order valence-electron chi connectivity index (χ2n) is 11.4. The molecule has 1 atom stereocenters. The van der Waals surface area contributed by atoms with Crippen molar-refractivity contribution in [3.8, 4) is 11.1 Å². The fourth-order valence-corrected chi connectivity index (χ4v) is 6.60. The van der Waals surface area contributed by atoms with Crippen LogP contribution in [0.3, 0.4) is 0 Å². The van der Waals surface area contributed by atoms with E-state index in [0.717, 1.165) is 44.5 Å². The van der Waals surface area contributed by atoms with Gasteiger partial charge in [0.15, 0.2) is 0 Å². The number of piperazine rings is 1. The third-order valence-corrected chi connectivity index (χ3v) is 8.88. The van der Waals surface area contributed by atoms with Crippen molar-refractivity contribution >= 4 is 11.8 Å². The van der Waals surface area contributed by atoms with Crippen LogP contribution >= 0.6 is 0 Å². The van der Waals surface area contributed by atoms with Gasteiger partial charge in [0.2, 0.25) is 11.8 Å². The number of piperidine rings is 1. The third-order valence-electron chi connectivity index (χ3n) is 8.88. The first-order valence-corrected chi connectivity index (χ1v) is 14.4. The van der Waals surface area contributed by atoms with E-state index in [0.29, 0.717) is 25.3 Å². The van der Waals surface area contributed by atoms with E-state index in [9.17, 15) is 9.59 Å². The summed E-state index contributed by atoms with van der Waals surface area (Å²) >= 11 is 0. The number of hydrogen-bond acceptors (Lipinski definition) is 4.